The Morgan fingerprint density at radius 2 is 1.90 bits per heavy atom. The molecule has 0 radical (unpaired) electrons. The fourth-order valence-electron chi connectivity index (χ4n) is 2.22. The van der Waals surface area contributed by atoms with Gasteiger partial charge in [-0.3, -0.25) is 9.59 Å². The van der Waals surface area contributed by atoms with Crippen molar-refractivity contribution in [1.82, 2.24) is 9.80 Å². The van der Waals surface area contributed by atoms with Crippen molar-refractivity contribution in [2.75, 3.05) is 19.6 Å². The van der Waals surface area contributed by atoms with E-state index in [4.69, 9.17) is 18.0 Å². The van der Waals surface area contributed by atoms with Crippen molar-refractivity contribution in [2.45, 2.75) is 13.5 Å². The quantitative estimate of drug-likeness (QED) is 0.829. The summed E-state index contributed by atoms with van der Waals surface area (Å²) in [6.07, 6.45) is 0. The van der Waals surface area contributed by atoms with Crippen LogP contribution in [0.3, 0.4) is 0 Å². The van der Waals surface area contributed by atoms with Gasteiger partial charge in [-0.05, 0) is 24.6 Å². The number of likely N-dealkylation sites (N-methyl/N-ethyl adjacent to an activating group) is 1. The smallest absolute Gasteiger partial charge is 0.242 e. The summed E-state index contributed by atoms with van der Waals surface area (Å²) in [6.45, 7) is 2.69. The van der Waals surface area contributed by atoms with Crippen LogP contribution >= 0.6 is 12.2 Å². The second-order valence-electron chi connectivity index (χ2n) is 4.84. The maximum Gasteiger partial charge on any atom is 0.242 e. The van der Waals surface area contributed by atoms with Crippen molar-refractivity contribution in [3.63, 3.8) is 0 Å². The number of nitrogens with zero attached hydrogens (tertiary/aromatic N) is 2. The molecule has 1 aromatic carbocycles. The Balaban J connectivity index is 2.15. The Morgan fingerprint density at radius 1 is 1.29 bits per heavy atom. The molecule has 7 heteroatoms. The molecule has 1 fully saturated rings. The van der Waals surface area contributed by atoms with Crippen LogP contribution in [0.5, 0.6) is 0 Å². The Labute approximate surface area is 127 Å². The number of carbonyl (C=O) groups is 2. The van der Waals surface area contributed by atoms with Gasteiger partial charge >= 0.3 is 0 Å². The number of carbonyl (C=O) groups excluding carboxylic acids is 2. The van der Waals surface area contributed by atoms with Crippen LogP contribution in [-0.2, 0) is 16.1 Å². The van der Waals surface area contributed by atoms with E-state index in [1.165, 1.54) is 21.9 Å². The number of benzene rings is 1. The molecule has 5 nitrogen and oxygen atoms in total. The van der Waals surface area contributed by atoms with Crippen molar-refractivity contribution in [1.29, 1.82) is 0 Å². The normalized spacial score (nSPS) is 15.5. The van der Waals surface area contributed by atoms with Crippen LogP contribution in [0.25, 0.3) is 0 Å². The summed E-state index contributed by atoms with van der Waals surface area (Å²) < 4.78 is 13.5. The highest BCUT2D eigenvalue weighted by atomic mass is 32.1. The number of hydrogen-bond donors (Lipinski definition) is 1. The first-order chi connectivity index (χ1) is 9.92. The van der Waals surface area contributed by atoms with Gasteiger partial charge in [0.05, 0.1) is 6.54 Å². The van der Waals surface area contributed by atoms with Gasteiger partial charge in [-0.2, -0.15) is 0 Å². The number of thiocarbonyl (C=S) groups is 1. The molecule has 1 aliphatic heterocycles. The van der Waals surface area contributed by atoms with Crippen LogP contribution in [0.4, 0.5) is 4.39 Å². The molecule has 21 heavy (non-hydrogen) atoms. The van der Waals surface area contributed by atoms with Crippen LogP contribution in [0.15, 0.2) is 18.2 Å². The van der Waals surface area contributed by atoms with E-state index in [1.54, 1.807) is 6.07 Å². The molecule has 2 N–H and O–H groups in total. The minimum Gasteiger partial charge on any atom is -0.389 e. The summed E-state index contributed by atoms with van der Waals surface area (Å²) in [5, 5.41) is 0. The number of piperazine rings is 1. The third kappa shape index (κ3) is 3.36. The molecular formula is C14H16FN3O2S. The number of halogens is 1. The maximum atomic E-state index is 13.5. The fraction of sp³-hybridized carbons (Fsp3) is 0.357. The molecule has 0 aliphatic carbocycles. The van der Waals surface area contributed by atoms with Gasteiger partial charge in [0.2, 0.25) is 11.8 Å². The van der Waals surface area contributed by atoms with Crippen molar-refractivity contribution in [3.8, 4) is 0 Å². The Bertz CT molecular complexity index is 606. The zero-order valence-corrected chi connectivity index (χ0v) is 12.5. The fourth-order valence-corrected chi connectivity index (χ4v) is 2.37. The zero-order valence-electron chi connectivity index (χ0n) is 11.6. The van der Waals surface area contributed by atoms with Crippen LogP contribution in [0.2, 0.25) is 0 Å². The largest absolute Gasteiger partial charge is 0.389 e. The van der Waals surface area contributed by atoms with E-state index in [1.807, 2.05) is 6.92 Å². The van der Waals surface area contributed by atoms with Crippen LogP contribution < -0.4 is 5.73 Å². The van der Waals surface area contributed by atoms with Gasteiger partial charge in [-0.1, -0.05) is 18.3 Å². The van der Waals surface area contributed by atoms with Crippen LogP contribution in [-0.4, -0.2) is 46.2 Å². The molecule has 0 aromatic heterocycles. The van der Waals surface area contributed by atoms with E-state index >= 15 is 0 Å². The van der Waals surface area contributed by atoms with Crippen LogP contribution in [0, 0.1) is 5.82 Å². The zero-order chi connectivity index (χ0) is 15.6. The first-order valence-corrected chi connectivity index (χ1v) is 6.97. The molecule has 0 atom stereocenters. The van der Waals surface area contributed by atoms with Crippen molar-refractivity contribution in [3.05, 3.63) is 35.1 Å². The van der Waals surface area contributed by atoms with Gasteiger partial charge in [-0.15, -0.1) is 0 Å². The van der Waals surface area contributed by atoms with E-state index in [9.17, 15) is 14.0 Å². The standard InChI is InChI=1S/C14H16FN3O2S/c1-2-17-7-13(20)18(8-12(17)19)6-9-3-4-11(15)10(5-9)14(16)21/h3-5H,2,6-8H2,1H3,(H2,16,21). The van der Waals surface area contributed by atoms with Gasteiger partial charge in [-0.25, -0.2) is 4.39 Å². The molecule has 2 amide bonds. The summed E-state index contributed by atoms with van der Waals surface area (Å²) in [6, 6.07) is 4.33. The molecule has 1 aromatic rings. The molecule has 0 spiro atoms. The monoisotopic (exact) mass is 309 g/mol. The molecule has 0 unspecified atom stereocenters. The molecular weight excluding hydrogens is 293 g/mol. The SMILES string of the molecule is CCN1CC(=O)N(Cc2ccc(F)c(C(N)=S)c2)CC1=O. The third-order valence-corrected chi connectivity index (χ3v) is 3.63. The number of amides is 2. The molecule has 1 aliphatic rings. The highest BCUT2D eigenvalue weighted by molar-refractivity contribution is 7.80. The average Bonchev–Trinajstić information content (AvgIpc) is 2.44. The van der Waals surface area contributed by atoms with E-state index < -0.39 is 5.82 Å². The molecule has 1 saturated heterocycles. The minimum atomic E-state index is -0.496. The van der Waals surface area contributed by atoms with Gasteiger partial charge < -0.3 is 15.5 Å². The molecule has 1 heterocycles. The van der Waals surface area contributed by atoms with Gasteiger partial charge in [0.25, 0.3) is 0 Å². The van der Waals surface area contributed by atoms with Crippen molar-refractivity contribution < 1.29 is 14.0 Å². The summed E-state index contributed by atoms with van der Waals surface area (Å²) in [7, 11) is 0. The van der Waals surface area contributed by atoms with E-state index in [0.717, 1.165) is 0 Å². The highest BCUT2D eigenvalue weighted by Crippen LogP contribution is 2.15. The average molecular weight is 309 g/mol. The van der Waals surface area contributed by atoms with Gasteiger partial charge in [0.15, 0.2) is 0 Å². The lowest BCUT2D eigenvalue weighted by Crippen LogP contribution is -2.53. The summed E-state index contributed by atoms with van der Waals surface area (Å²) in [5.74, 6) is -0.712. The topological polar surface area (TPSA) is 66.6 Å². The molecule has 0 saturated carbocycles. The van der Waals surface area contributed by atoms with E-state index in [2.05, 4.69) is 0 Å². The lowest BCUT2D eigenvalue weighted by Gasteiger charge is -2.33. The second kappa shape index (κ2) is 6.17. The third-order valence-electron chi connectivity index (χ3n) is 3.41. The Morgan fingerprint density at radius 3 is 2.52 bits per heavy atom. The predicted molar refractivity (Wildman–Crippen MR) is 80.0 cm³/mol. The van der Waals surface area contributed by atoms with E-state index in [0.29, 0.717) is 12.1 Å². The highest BCUT2D eigenvalue weighted by Gasteiger charge is 2.28. The second-order valence-corrected chi connectivity index (χ2v) is 5.28. The number of hydrogen-bond acceptors (Lipinski definition) is 3. The van der Waals surface area contributed by atoms with Crippen LogP contribution in [0.1, 0.15) is 18.1 Å². The Hall–Kier alpha value is -2.02. The van der Waals surface area contributed by atoms with Gasteiger partial charge in [0.1, 0.15) is 17.4 Å². The summed E-state index contributed by atoms with van der Waals surface area (Å²) in [5.41, 5.74) is 6.28. The van der Waals surface area contributed by atoms with Crippen molar-refractivity contribution in [2.24, 2.45) is 5.73 Å². The van der Waals surface area contributed by atoms with E-state index in [-0.39, 0.29) is 42.0 Å². The maximum absolute atomic E-state index is 13.5. The lowest BCUT2D eigenvalue weighted by molar-refractivity contribution is -0.150. The van der Waals surface area contributed by atoms with Gasteiger partial charge in [0, 0.05) is 18.7 Å². The summed E-state index contributed by atoms with van der Waals surface area (Å²) in [4.78, 5) is 26.8. The summed E-state index contributed by atoms with van der Waals surface area (Å²) >= 11 is 4.78. The number of rotatable bonds is 4. The molecule has 0 bridgehead atoms. The first-order valence-electron chi connectivity index (χ1n) is 6.56. The Kier molecular flexibility index (Phi) is 4.52. The predicted octanol–water partition coefficient (Wildman–Crippen LogP) is 0.651. The number of nitrogens with two attached hydrogens (primary N) is 1. The lowest BCUT2D eigenvalue weighted by atomic mass is 10.1. The minimum absolute atomic E-state index is 0.0342. The first kappa shape index (κ1) is 15.4. The molecule has 112 valence electrons. The van der Waals surface area contributed by atoms with Crippen molar-refractivity contribution >= 4 is 29.0 Å². The molecule has 2 rings (SSSR count).